The van der Waals surface area contributed by atoms with Crippen molar-refractivity contribution >= 4 is 34.1 Å². The van der Waals surface area contributed by atoms with E-state index in [1.165, 1.54) is 17.8 Å². The molecule has 8 heteroatoms. The molecule has 5 N–H and O–H groups in total. The molecule has 0 radical (unpaired) electrons. The minimum Gasteiger partial charge on any atom is -0.382 e. The van der Waals surface area contributed by atoms with Gasteiger partial charge in [0.05, 0.1) is 0 Å². The molecule has 2 amide bonds. The second-order valence-electron chi connectivity index (χ2n) is 5.30. The Morgan fingerprint density at radius 3 is 2.67 bits per heavy atom. The lowest BCUT2D eigenvalue weighted by Gasteiger charge is -2.25. The number of hydrogen-bond donors (Lipinski definition) is 3. The van der Waals surface area contributed by atoms with Crippen LogP contribution in [0, 0.1) is 0 Å². The number of hydrogen-bond acceptors (Lipinski definition) is 6. The van der Waals surface area contributed by atoms with Crippen molar-refractivity contribution in [3.63, 3.8) is 0 Å². The van der Waals surface area contributed by atoms with Crippen molar-refractivity contribution in [2.45, 2.75) is 38.6 Å². The van der Waals surface area contributed by atoms with E-state index in [0.29, 0.717) is 4.88 Å². The maximum absolute atomic E-state index is 12.2. The number of anilines is 2. The molecule has 2 rings (SSSR count). The molecule has 21 heavy (non-hydrogen) atoms. The average Bonchev–Trinajstić information content (AvgIpc) is 2.81. The molecule has 0 spiro atoms. The minimum absolute atomic E-state index is 0.101. The largest absolute Gasteiger partial charge is 0.382 e. The monoisotopic (exact) mass is 311 g/mol. The predicted octanol–water partition coefficient (Wildman–Crippen LogP) is 0.709. The molecule has 1 aliphatic rings. The Hall–Kier alpha value is -1.83. The zero-order valence-corrected chi connectivity index (χ0v) is 12.9. The van der Waals surface area contributed by atoms with Crippen molar-refractivity contribution in [3.05, 3.63) is 4.88 Å². The van der Waals surface area contributed by atoms with E-state index in [1.54, 1.807) is 6.92 Å². The van der Waals surface area contributed by atoms with Crippen LogP contribution in [0.2, 0.25) is 0 Å². The number of carbonyl (C=O) groups excluding carboxylic acids is 2. The lowest BCUT2D eigenvalue weighted by Crippen LogP contribution is -2.35. The van der Waals surface area contributed by atoms with Crippen LogP contribution in [0.4, 0.5) is 10.9 Å². The molecule has 1 aromatic rings. The Kier molecular flexibility index (Phi) is 5.00. The van der Waals surface area contributed by atoms with Crippen LogP contribution in [0.25, 0.3) is 0 Å². The first-order chi connectivity index (χ1) is 9.97. The number of nitrogens with two attached hydrogens (primary N) is 2. The number of primary amides is 1. The van der Waals surface area contributed by atoms with Gasteiger partial charge in [-0.15, -0.1) is 0 Å². The van der Waals surface area contributed by atoms with Gasteiger partial charge in [-0.2, -0.15) is 0 Å². The molecule has 0 saturated carbocycles. The highest BCUT2D eigenvalue weighted by atomic mass is 32.1. The summed E-state index contributed by atoms with van der Waals surface area (Å²) in [6, 6.07) is -0.324. The average molecular weight is 311 g/mol. The molecule has 1 aromatic heterocycles. The van der Waals surface area contributed by atoms with Gasteiger partial charge in [-0.05, 0) is 26.2 Å². The predicted molar refractivity (Wildman–Crippen MR) is 83.3 cm³/mol. The fourth-order valence-electron chi connectivity index (χ4n) is 2.35. The Morgan fingerprint density at radius 1 is 1.38 bits per heavy atom. The second-order valence-corrected chi connectivity index (χ2v) is 6.28. The van der Waals surface area contributed by atoms with E-state index >= 15 is 0 Å². The summed E-state index contributed by atoms with van der Waals surface area (Å²) in [7, 11) is 0. The van der Waals surface area contributed by atoms with Crippen molar-refractivity contribution in [2.24, 2.45) is 5.73 Å². The van der Waals surface area contributed by atoms with Crippen molar-refractivity contribution in [1.29, 1.82) is 0 Å². The maximum Gasteiger partial charge on any atom is 0.265 e. The SMILES string of the molecule is CC(CC(N)=O)NC(=O)c1sc(N2CCCCC2)nc1N. The molecule has 116 valence electrons. The molecule has 7 nitrogen and oxygen atoms in total. The maximum atomic E-state index is 12.2. The van der Waals surface area contributed by atoms with Gasteiger partial charge in [-0.1, -0.05) is 11.3 Å². The van der Waals surface area contributed by atoms with Crippen molar-refractivity contribution in [3.8, 4) is 0 Å². The molecule has 0 aliphatic carbocycles. The molecule has 1 saturated heterocycles. The normalized spacial score (nSPS) is 16.5. The van der Waals surface area contributed by atoms with E-state index in [1.807, 2.05) is 0 Å². The summed E-state index contributed by atoms with van der Waals surface area (Å²) in [6.45, 7) is 3.63. The smallest absolute Gasteiger partial charge is 0.265 e. The minimum atomic E-state index is -0.450. The number of nitrogens with zero attached hydrogens (tertiary/aromatic N) is 2. The Morgan fingerprint density at radius 2 is 2.05 bits per heavy atom. The van der Waals surface area contributed by atoms with Gasteiger partial charge in [0.15, 0.2) is 5.13 Å². The third-order valence-corrected chi connectivity index (χ3v) is 4.49. The number of carbonyl (C=O) groups is 2. The van der Waals surface area contributed by atoms with Crippen LogP contribution in [-0.2, 0) is 4.79 Å². The summed E-state index contributed by atoms with van der Waals surface area (Å²) in [5, 5.41) is 3.51. The summed E-state index contributed by atoms with van der Waals surface area (Å²) >= 11 is 1.30. The van der Waals surface area contributed by atoms with Crippen LogP contribution in [0.1, 0.15) is 42.3 Å². The number of piperidine rings is 1. The Labute approximate surface area is 127 Å². The third-order valence-electron chi connectivity index (χ3n) is 3.36. The lowest BCUT2D eigenvalue weighted by atomic mass is 10.1. The second kappa shape index (κ2) is 6.75. The van der Waals surface area contributed by atoms with Gasteiger partial charge in [0.25, 0.3) is 5.91 Å². The van der Waals surface area contributed by atoms with Gasteiger partial charge in [-0.3, -0.25) is 9.59 Å². The molecular formula is C13H21N5O2S. The Balaban J connectivity index is 2.04. The summed E-state index contributed by atoms with van der Waals surface area (Å²) in [5.74, 6) is -0.513. The van der Waals surface area contributed by atoms with E-state index in [0.717, 1.165) is 31.1 Å². The van der Waals surface area contributed by atoms with E-state index in [2.05, 4.69) is 15.2 Å². The van der Waals surface area contributed by atoms with Crippen LogP contribution >= 0.6 is 11.3 Å². The molecule has 0 aromatic carbocycles. The molecule has 1 fully saturated rings. The van der Waals surface area contributed by atoms with Gasteiger partial charge in [0.2, 0.25) is 5.91 Å². The van der Waals surface area contributed by atoms with E-state index < -0.39 is 5.91 Å². The van der Waals surface area contributed by atoms with E-state index in [-0.39, 0.29) is 24.2 Å². The number of amides is 2. The quantitative estimate of drug-likeness (QED) is 0.741. The van der Waals surface area contributed by atoms with Crippen molar-refractivity contribution in [1.82, 2.24) is 10.3 Å². The highest BCUT2D eigenvalue weighted by Crippen LogP contribution is 2.30. The fourth-order valence-corrected chi connectivity index (χ4v) is 3.29. The zero-order chi connectivity index (χ0) is 15.4. The van der Waals surface area contributed by atoms with Crippen LogP contribution in [0.3, 0.4) is 0 Å². The summed E-state index contributed by atoms with van der Waals surface area (Å²) in [4.78, 5) is 29.8. The molecule has 0 bridgehead atoms. The highest BCUT2D eigenvalue weighted by molar-refractivity contribution is 7.18. The molecule has 2 heterocycles. The van der Waals surface area contributed by atoms with Gasteiger partial charge >= 0.3 is 0 Å². The summed E-state index contributed by atoms with van der Waals surface area (Å²) < 4.78 is 0. The lowest BCUT2D eigenvalue weighted by molar-refractivity contribution is -0.118. The van der Waals surface area contributed by atoms with Crippen LogP contribution in [-0.4, -0.2) is 35.9 Å². The zero-order valence-electron chi connectivity index (χ0n) is 12.1. The number of nitrogen functional groups attached to an aromatic ring is 1. The van der Waals surface area contributed by atoms with Crippen LogP contribution < -0.4 is 21.7 Å². The highest BCUT2D eigenvalue weighted by Gasteiger charge is 2.22. The summed E-state index contributed by atoms with van der Waals surface area (Å²) in [5.41, 5.74) is 11.0. The Bertz CT molecular complexity index is 525. The number of thiazole rings is 1. The number of aromatic nitrogens is 1. The molecule has 1 atom stereocenters. The van der Waals surface area contributed by atoms with Crippen LogP contribution in [0.15, 0.2) is 0 Å². The first-order valence-corrected chi connectivity index (χ1v) is 7.89. The van der Waals surface area contributed by atoms with Gasteiger partial charge in [-0.25, -0.2) is 4.98 Å². The standard InChI is InChI=1S/C13H21N5O2S/c1-8(7-9(14)19)16-12(20)10-11(15)17-13(21-10)18-5-3-2-4-6-18/h8H,2-7,15H2,1H3,(H2,14,19)(H,16,20). The number of rotatable bonds is 5. The van der Waals surface area contributed by atoms with Crippen molar-refractivity contribution in [2.75, 3.05) is 23.7 Å². The first-order valence-electron chi connectivity index (χ1n) is 7.07. The van der Waals surface area contributed by atoms with Gasteiger partial charge < -0.3 is 21.7 Å². The first kappa shape index (κ1) is 15.6. The third kappa shape index (κ3) is 4.07. The van der Waals surface area contributed by atoms with E-state index in [4.69, 9.17) is 11.5 Å². The van der Waals surface area contributed by atoms with E-state index in [9.17, 15) is 9.59 Å². The fraction of sp³-hybridized carbons (Fsp3) is 0.615. The van der Waals surface area contributed by atoms with Gasteiger partial charge in [0.1, 0.15) is 10.7 Å². The summed E-state index contributed by atoms with van der Waals surface area (Å²) in [6.07, 6.45) is 3.60. The molecule has 1 aliphatic heterocycles. The number of nitrogens with one attached hydrogen (secondary N) is 1. The molecular weight excluding hydrogens is 290 g/mol. The van der Waals surface area contributed by atoms with Gasteiger partial charge in [0, 0.05) is 25.6 Å². The molecule has 1 unspecified atom stereocenters. The topological polar surface area (TPSA) is 114 Å². The van der Waals surface area contributed by atoms with Crippen molar-refractivity contribution < 1.29 is 9.59 Å². The van der Waals surface area contributed by atoms with Crippen LogP contribution in [0.5, 0.6) is 0 Å².